The van der Waals surface area contributed by atoms with E-state index in [4.69, 9.17) is 4.74 Å². The molecule has 0 unspecified atom stereocenters. The lowest BCUT2D eigenvalue weighted by atomic mass is 10.1. The molecule has 0 radical (unpaired) electrons. The van der Waals surface area contributed by atoms with Crippen molar-refractivity contribution in [2.75, 3.05) is 7.11 Å². The predicted octanol–water partition coefficient (Wildman–Crippen LogP) is 2.02. The molecule has 1 aliphatic carbocycles. The van der Waals surface area contributed by atoms with E-state index in [2.05, 4.69) is 20.7 Å². The van der Waals surface area contributed by atoms with E-state index in [1.807, 2.05) is 54.6 Å². The monoisotopic (exact) mass is 349 g/mol. The maximum Gasteiger partial charge on any atom is 0.243 e. The molecule has 26 heavy (non-hydrogen) atoms. The second-order valence-corrected chi connectivity index (χ2v) is 6.27. The van der Waals surface area contributed by atoms with Crippen LogP contribution in [0, 0.1) is 0 Å². The van der Waals surface area contributed by atoms with E-state index in [1.165, 1.54) is 4.80 Å². The van der Waals surface area contributed by atoms with Gasteiger partial charge in [0.05, 0.1) is 7.11 Å². The lowest BCUT2D eigenvalue weighted by molar-refractivity contribution is -0.122. The van der Waals surface area contributed by atoms with Gasteiger partial charge in [0.2, 0.25) is 11.7 Å². The summed E-state index contributed by atoms with van der Waals surface area (Å²) in [5, 5.41) is 15.3. The van der Waals surface area contributed by atoms with Gasteiger partial charge in [0, 0.05) is 17.5 Å². The largest absolute Gasteiger partial charge is 0.496 e. The number of carbonyl (C=O) groups is 1. The third-order valence-corrected chi connectivity index (χ3v) is 4.45. The van der Waals surface area contributed by atoms with Crippen molar-refractivity contribution in [3.05, 3.63) is 60.2 Å². The van der Waals surface area contributed by atoms with Crippen molar-refractivity contribution in [2.45, 2.75) is 24.9 Å². The van der Waals surface area contributed by atoms with Gasteiger partial charge in [0.15, 0.2) is 0 Å². The molecular formula is C19H19N5O2. The smallest absolute Gasteiger partial charge is 0.243 e. The molecule has 0 aliphatic heterocycles. The fourth-order valence-corrected chi connectivity index (χ4v) is 3.06. The average Bonchev–Trinajstić information content (AvgIpc) is 3.27. The first-order chi connectivity index (χ1) is 12.7. The molecule has 1 amide bonds. The molecule has 2 atom stereocenters. The van der Waals surface area contributed by atoms with Crippen molar-refractivity contribution in [2.24, 2.45) is 0 Å². The molecule has 2 aromatic carbocycles. The highest BCUT2D eigenvalue weighted by molar-refractivity contribution is 5.76. The van der Waals surface area contributed by atoms with E-state index < -0.39 is 0 Å². The van der Waals surface area contributed by atoms with Crippen LogP contribution in [0.1, 0.15) is 17.9 Å². The summed E-state index contributed by atoms with van der Waals surface area (Å²) in [6.07, 6.45) is 0.909. The molecule has 1 N–H and O–H groups in total. The summed E-state index contributed by atoms with van der Waals surface area (Å²) >= 11 is 0. The van der Waals surface area contributed by atoms with E-state index in [0.717, 1.165) is 23.3 Å². The molecule has 0 spiro atoms. The number of amides is 1. The maximum absolute atomic E-state index is 12.3. The van der Waals surface area contributed by atoms with Crippen LogP contribution in [0.2, 0.25) is 0 Å². The first-order valence-corrected chi connectivity index (χ1v) is 8.50. The highest BCUT2D eigenvalue weighted by Crippen LogP contribution is 2.44. The van der Waals surface area contributed by atoms with E-state index >= 15 is 0 Å². The standard InChI is InChI=1S/C19H19N5O2/c1-26-17-10-6-5-9-14(17)15-11-16(15)20-18(25)12-24-22-19(21-23-24)13-7-3-2-4-8-13/h2-10,15-16H,11-12H2,1H3,(H,20,25)/t15-,16-/m1/s1. The molecule has 7 heteroatoms. The minimum atomic E-state index is -0.121. The van der Waals surface area contributed by atoms with Crippen molar-refractivity contribution in [3.63, 3.8) is 0 Å². The number of ether oxygens (including phenoxy) is 1. The van der Waals surface area contributed by atoms with Gasteiger partial charge in [-0.15, -0.1) is 10.2 Å². The van der Waals surface area contributed by atoms with Gasteiger partial charge >= 0.3 is 0 Å². The quantitative estimate of drug-likeness (QED) is 0.736. The number of aromatic nitrogens is 4. The number of hydrogen-bond donors (Lipinski definition) is 1. The second kappa shape index (κ2) is 6.95. The van der Waals surface area contributed by atoms with Gasteiger partial charge in [-0.3, -0.25) is 4.79 Å². The summed E-state index contributed by atoms with van der Waals surface area (Å²) in [5.41, 5.74) is 2.00. The zero-order chi connectivity index (χ0) is 17.9. The number of hydrogen-bond acceptors (Lipinski definition) is 5. The van der Waals surface area contributed by atoms with E-state index in [-0.39, 0.29) is 18.5 Å². The van der Waals surface area contributed by atoms with E-state index in [0.29, 0.717) is 11.7 Å². The minimum absolute atomic E-state index is 0.0506. The van der Waals surface area contributed by atoms with Crippen LogP contribution in [0.15, 0.2) is 54.6 Å². The Labute approximate surface area is 151 Å². The van der Waals surface area contributed by atoms with Crippen LogP contribution in [-0.2, 0) is 11.3 Å². The Balaban J connectivity index is 1.35. The summed E-state index contributed by atoms with van der Waals surface area (Å²) < 4.78 is 5.40. The molecule has 4 rings (SSSR count). The highest BCUT2D eigenvalue weighted by atomic mass is 16.5. The molecule has 7 nitrogen and oxygen atoms in total. The van der Waals surface area contributed by atoms with Gasteiger partial charge in [-0.1, -0.05) is 48.5 Å². The molecular weight excluding hydrogens is 330 g/mol. The van der Waals surface area contributed by atoms with Gasteiger partial charge in [-0.2, -0.15) is 4.80 Å². The van der Waals surface area contributed by atoms with Crippen LogP contribution < -0.4 is 10.1 Å². The number of methoxy groups -OCH3 is 1. The minimum Gasteiger partial charge on any atom is -0.496 e. The van der Waals surface area contributed by atoms with Crippen molar-refractivity contribution in [1.29, 1.82) is 0 Å². The Morgan fingerprint density at radius 2 is 1.96 bits per heavy atom. The summed E-state index contributed by atoms with van der Waals surface area (Å²) in [4.78, 5) is 13.6. The predicted molar refractivity (Wildman–Crippen MR) is 95.5 cm³/mol. The molecule has 0 bridgehead atoms. The van der Waals surface area contributed by atoms with Crippen molar-refractivity contribution in [3.8, 4) is 17.1 Å². The van der Waals surface area contributed by atoms with Crippen molar-refractivity contribution >= 4 is 5.91 Å². The number of carbonyl (C=O) groups excluding carboxylic acids is 1. The molecule has 132 valence electrons. The number of nitrogens with zero attached hydrogens (tertiary/aromatic N) is 4. The lowest BCUT2D eigenvalue weighted by Crippen LogP contribution is -2.31. The van der Waals surface area contributed by atoms with Crippen molar-refractivity contribution < 1.29 is 9.53 Å². The molecule has 1 heterocycles. The van der Waals surface area contributed by atoms with Gasteiger partial charge in [-0.05, 0) is 23.3 Å². The SMILES string of the molecule is COc1ccccc1[C@H]1C[C@H]1NC(=O)Cn1nnc(-c2ccccc2)n1. The number of tetrazole rings is 1. The number of para-hydroxylation sites is 1. The van der Waals surface area contributed by atoms with Crippen LogP contribution in [0.5, 0.6) is 5.75 Å². The number of nitrogens with one attached hydrogen (secondary N) is 1. The Bertz CT molecular complexity index is 909. The molecule has 3 aromatic rings. The third-order valence-electron chi connectivity index (χ3n) is 4.45. The van der Waals surface area contributed by atoms with Crippen LogP contribution in [-0.4, -0.2) is 39.3 Å². The summed E-state index contributed by atoms with van der Waals surface area (Å²) in [7, 11) is 1.66. The third kappa shape index (κ3) is 3.42. The Morgan fingerprint density at radius 3 is 2.77 bits per heavy atom. The molecule has 1 aliphatic rings. The fraction of sp³-hybridized carbons (Fsp3) is 0.263. The molecule has 1 fully saturated rings. The van der Waals surface area contributed by atoms with Crippen LogP contribution in [0.3, 0.4) is 0 Å². The first-order valence-electron chi connectivity index (χ1n) is 8.50. The molecule has 1 aromatic heterocycles. The lowest BCUT2D eigenvalue weighted by Gasteiger charge is -2.08. The van der Waals surface area contributed by atoms with Crippen LogP contribution >= 0.6 is 0 Å². The zero-order valence-electron chi connectivity index (χ0n) is 14.4. The Hall–Kier alpha value is -3.22. The second-order valence-electron chi connectivity index (χ2n) is 6.27. The normalized spacial score (nSPS) is 18.3. The fourth-order valence-electron chi connectivity index (χ4n) is 3.06. The molecule has 0 saturated heterocycles. The Kier molecular flexibility index (Phi) is 4.35. The highest BCUT2D eigenvalue weighted by Gasteiger charge is 2.41. The first kappa shape index (κ1) is 16.3. The zero-order valence-corrected chi connectivity index (χ0v) is 14.4. The van der Waals surface area contributed by atoms with Gasteiger partial charge < -0.3 is 10.1 Å². The summed E-state index contributed by atoms with van der Waals surface area (Å²) in [6, 6.07) is 17.6. The molecule has 1 saturated carbocycles. The van der Waals surface area contributed by atoms with E-state index in [1.54, 1.807) is 7.11 Å². The van der Waals surface area contributed by atoms with Crippen LogP contribution in [0.25, 0.3) is 11.4 Å². The van der Waals surface area contributed by atoms with Gasteiger partial charge in [0.25, 0.3) is 0 Å². The van der Waals surface area contributed by atoms with E-state index in [9.17, 15) is 4.79 Å². The topological polar surface area (TPSA) is 81.9 Å². The number of rotatable bonds is 6. The van der Waals surface area contributed by atoms with Gasteiger partial charge in [0.1, 0.15) is 12.3 Å². The Morgan fingerprint density at radius 1 is 1.19 bits per heavy atom. The summed E-state index contributed by atoms with van der Waals surface area (Å²) in [5.74, 6) is 1.54. The average molecular weight is 349 g/mol. The summed E-state index contributed by atoms with van der Waals surface area (Å²) in [6.45, 7) is 0.0506. The van der Waals surface area contributed by atoms with Crippen LogP contribution in [0.4, 0.5) is 0 Å². The number of benzene rings is 2. The van der Waals surface area contributed by atoms with Gasteiger partial charge in [-0.25, -0.2) is 0 Å². The van der Waals surface area contributed by atoms with Crippen molar-refractivity contribution in [1.82, 2.24) is 25.5 Å². The maximum atomic E-state index is 12.3.